The molecule has 0 saturated heterocycles. The lowest BCUT2D eigenvalue weighted by molar-refractivity contribution is 0.415. The Balaban J connectivity index is 2.60. The highest BCUT2D eigenvalue weighted by Gasteiger charge is 2.07. The van der Waals surface area contributed by atoms with E-state index in [1.807, 2.05) is 18.2 Å². The molecule has 0 fully saturated rings. The van der Waals surface area contributed by atoms with Gasteiger partial charge in [-0.15, -0.1) is 0 Å². The first-order chi connectivity index (χ1) is 8.28. The molecule has 17 heavy (non-hydrogen) atoms. The molecule has 0 amide bonds. The van der Waals surface area contributed by atoms with Gasteiger partial charge in [-0.2, -0.15) is 0 Å². The van der Waals surface area contributed by atoms with Crippen molar-refractivity contribution in [3.63, 3.8) is 0 Å². The third kappa shape index (κ3) is 2.29. The van der Waals surface area contributed by atoms with E-state index in [9.17, 15) is 0 Å². The van der Waals surface area contributed by atoms with Crippen LogP contribution in [-0.2, 0) is 6.42 Å². The second-order valence-electron chi connectivity index (χ2n) is 3.77. The summed E-state index contributed by atoms with van der Waals surface area (Å²) in [6, 6.07) is 5.65. The minimum atomic E-state index is 0.654. The van der Waals surface area contributed by atoms with Crippen molar-refractivity contribution in [2.75, 3.05) is 12.5 Å². The molecule has 5 heteroatoms. The van der Waals surface area contributed by atoms with Crippen LogP contribution in [0.25, 0.3) is 10.9 Å². The van der Waals surface area contributed by atoms with Crippen molar-refractivity contribution >= 4 is 16.7 Å². The monoisotopic (exact) mass is 232 g/mol. The van der Waals surface area contributed by atoms with Crippen molar-refractivity contribution in [1.82, 2.24) is 9.97 Å². The maximum atomic E-state index is 5.48. The van der Waals surface area contributed by atoms with Crippen LogP contribution in [0.3, 0.4) is 0 Å². The molecule has 0 aliphatic carbocycles. The van der Waals surface area contributed by atoms with Crippen LogP contribution in [0.4, 0.5) is 5.82 Å². The van der Waals surface area contributed by atoms with Crippen LogP contribution in [0.1, 0.15) is 19.2 Å². The van der Waals surface area contributed by atoms with Crippen LogP contribution in [0.15, 0.2) is 18.2 Å². The number of aryl methyl sites for hydroxylation is 1. The van der Waals surface area contributed by atoms with Gasteiger partial charge in [0.2, 0.25) is 0 Å². The van der Waals surface area contributed by atoms with Crippen molar-refractivity contribution in [2.24, 2.45) is 5.84 Å². The Bertz CT molecular complexity index is 527. The maximum Gasteiger partial charge on any atom is 0.151 e. The van der Waals surface area contributed by atoms with Gasteiger partial charge >= 0.3 is 0 Å². The summed E-state index contributed by atoms with van der Waals surface area (Å²) in [5.74, 6) is 7.71. The average molecular weight is 232 g/mol. The van der Waals surface area contributed by atoms with Gasteiger partial charge in [0, 0.05) is 17.9 Å². The standard InChI is InChI=1S/C12H16N4O/c1-3-4-11-14-10-7-8(17-2)5-6-9(10)12(15-11)16-13/h5-7H,3-4,13H2,1-2H3,(H,14,15,16). The van der Waals surface area contributed by atoms with Crippen molar-refractivity contribution in [3.8, 4) is 5.75 Å². The molecule has 0 aliphatic heterocycles. The molecule has 2 aromatic rings. The minimum absolute atomic E-state index is 0.654. The molecule has 2 rings (SSSR count). The number of nitrogens with one attached hydrogen (secondary N) is 1. The first-order valence-electron chi connectivity index (χ1n) is 5.59. The zero-order chi connectivity index (χ0) is 12.3. The third-order valence-corrected chi connectivity index (χ3v) is 2.56. The molecule has 1 aromatic carbocycles. The van der Waals surface area contributed by atoms with Crippen LogP contribution in [0.5, 0.6) is 5.75 Å². The fourth-order valence-corrected chi connectivity index (χ4v) is 1.73. The van der Waals surface area contributed by atoms with E-state index < -0.39 is 0 Å². The second-order valence-corrected chi connectivity index (χ2v) is 3.77. The number of aromatic nitrogens is 2. The molecule has 3 N–H and O–H groups in total. The molecule has 90 valence electrons. The SMILES string of the molecule is CCCc1nc(NN)c2ccc(OC)cc2n1. The van der Waals surface area contributed by atoms with Gasteiger partial charge in [-0.05, 0) is 18.6 Å². The van der Waals surface area contributed by atoms with E-state index in [-0.39, 0.29) is 0 Å². The van der Waals surface area contributed by atoms with E-state index >= 15 is 0 Å². The van der Waals surface area contributed by atoms with Gasteiger partial charge in [-0.25, -0.2) is 15.8 Å². The summed E-state index contributed by atoms with van der Waals surface area (Å²) in [6.07, 6.45) is 1.83. The molecule has 0 unspecified atom stereocenters. The normalized spacial score (nSPS) is 10.5. The van der Waals surface area contributed by atoms with E-state index in [2.05, 4.69) is 22.3 Å². The topological polar surface area (TPSA) is 73.1 Å². The van der Waals surface area contributed by atoms with Crippen LogP contribution >= 0.6 is 0 Å². The molecule has 0 bridgehead atoms. The number of anilines is 1. The zero-order valence-corrected chi connectivity index (χ0v) is 10.0. The van der Waals surface area contributed by atoms with Crippen LogP contribution in [-0.4, -0.2) is 17.1 Å². The summed E-state index contributed by atoms with van der Waals surface area (Å²) < 4.78 is 5.18. The molecule has 0 aliphatic rings. The number of hydrogen-bond donors (Lipinski definition) is 2. The number of hydrogen-bond acceptors (Lipinski definition) is 5. The number of methoxy groups -OCH3 is 1. The number of nitrogens with two attached hydrogens (primary N) is 1. The first kappa shape index (κ1) is 11.6. The number of hydrazine groups is 1. The Hall–Kier alpha value is -1.88. The quantitative estimate of drug-likeness (QED) is 0.622. The zero-order valence-electron chi connectivity index (χ0n) is 10.0. The fraction of sp³-hybridized carbons (Fsp3) is 0.333. The van der Waals surface area contributed by atoms with Gasteiger partial charge in [0.05, 0.1) is 12.6 Å². The number of ether oxygens (including phenoxy) is 1. The van der Waals surface area contributed by atoms with E-state index in [0.717, 1.165) is 35.3 Å². The lowest BCUT2D eigenvalue weighted by Gasteiger charge is -2.08. The van der Waals surface area contributed by atoms with Crippen molar-refractivity contribution < 1.29 is 4.74 Å². The first-order valence-corrected chi connectivity index (χ1v) is 5.59. The summed E-state index contributed by atoms with van der Waals surface area (Å²) in [4.78, 5) is 8.87. The van der Waals surface area contributed by atoms with Gasteiger partial charge in [0.1, 0.15) is 11.6 Å². The van der Waals surface area contributed by atoms with E-state index in [1.54, 1.807) is 7.11 Å². The fourth-order valence-electron chi connectivity index (χ4n) is 1.73. The third-order valence-electron chi connectivity index (χ3n) is 2.56. The molecule has 0 atom stereocenters. The van der Waals surface area contributed by atoms with E-state index in [4.69, 9.17) is 10.6 Å². The molecule has 1 aromatic heterocycles. The summed E-state index contributed by atoms with van der Waals surface area (Å²) >= 11 is 0. The summed E-state index contributed by atoms with van der Waals surface area (Å²) in [5.41, 5.74) is 3.46. The van der Waals surface area contributed by atoms with Crippen molar-refractivity contribution in [1.29, 1.82) is 0 Å². The largest absolute Gasteiger partial charge is 0.497 e. The highest BCUT2D eigenvalue weighted by molar-refractivity contribution is 5.89. The Labute approximate surface area is 100.0 Å². The summed E-state index contributed by atoms with van der Waals surface area (Å²) in [5, 5.41) is 0.896. The Morgan fingerprint density at radius 3 is 2.82 bits per heavy atom. The molecular weight excluding hydrogens is 216 g/mol. The maximum absolute atomic E-state index is 5.48. The smallest absolute Gasteiger partial charge is 0.151 e. The minimum Gasteiger partial charge on any atom is -0.497 e. The van der Waals surface area contributed by atoms with E-state index in [0.29, 0.717) is 5.82 Å². The highest BCUT2D eigenvalue weighted by atomic mass is 16.5. The van der Waals surface area contributed by atoms with Crippen LogP contribution in [0.2, 0.25) is 0 Å². The molecule has 1 heterocycles. The number of nitrogen functional groups attached to an aromatic ring is 1. The molecular formula is C12H16N4O. The second kappa shape index (κ2) is 4.97. The Morgan fingerprint density at radius 1 is 1.35 bits per heavy atom. The lowest BCUT2D eigenvalue weighted by Crippen LogP contribution is -2.11. The van der Waals surface area contributed by atoms with Gasteiger partial charge < -0.3 is 10.2 Å². The van der Waals surface area contributed by atoms with Crippen molar-refractivity contribution in [3.05, 3.63) is 24.0 Å². The molecule has 0 spiro atoms. The van der Waals surface area contributed by atoms with Gasteiger partial charge in [0.25, 0.3) is 0 Å². The van der Waals surface area contributed by atoms with E-state index in [1.165, 1.54) is 0 Å². The predicted octanol–water partition coefficient (Wildman–Crippen LogP) is 1.88. The molecule has 0 saturated carbocycles. The van der Waals surface area contributed by atoms with Crippen LogP contribution < -0.4 is 16.0 Å². The van der Waals surface area contributed by atoms with Gasteiger partial charge in [-0.3, -0.25) is 0 Å². The number of fused-ring (bicyclic) bond motifs is 1. The number of rotatable bonds is 4. The molecule has 0 radical (unpaired) electrons. The number of nitrogens with zero attached hydrogens (tertiary/aromatic N) is 2. The predicted molar refractivity (Wildman–Crippen MR) is 67.9 cm³/mol. The highest BCUT2D eigenvalue weighted by Crippen LogP contribution is 2.24. The lowest BCUT2D eigenvalue weighted by atomic mass is 10.2. The Morgan fingerprint density at radius 2 is 2.18 bits per heavy atom. The summed E-state index contributed by atoms with van der Waals surface area (Å²) in [6.45, 7) is 2.09. The molecule has 5 nitrogen and oxygen atoms in total. The van der Waals surface area contributed by atoms with Gasteiger partial charge in [0.15, 0.2) is 5.82 Å². The summed E-state index contributed by atoms with van der Waals surface area (Å²) in [7, 11) is 1.64. The average Bonchev–Trinajstić information content (AvgIpc) is 2.37. The Kier molecular flexibility index (Phi) is 3.39. The van der Waals surface area contributed by atoms with Gasteiger partial charge in [-0.1, -0.05) is 6.92 Å². The number of benzene rings is 1. The van der Waals surface area contributed by atoms with Crippen LogP contribution in [0, 0.1) is 0 Å². The van der Waals surface area contributed by atoms with Crippen molar-refractivity contribution in [2.45, 2.75) is 19.8 Å².